The van der Waals surface area contributed by atoms with Crippen LogP contribution in [0.25, 0.3) is 0 Å². The molecule has 0 fully saturated rings. The number of nitrogens with one attached hydrogen (secondary N) is 1. The number of nitrogens with zero attached hydrogens (tertiary/aromatic N) is 3. The Bertz CT molecular complexity index is 1090. The van der Waals surface area contributed by atoms with Crippen LogP contribution in [0.4, 0.5) is 5.69 Å². The number of hydrogen-bond acceptors (Lipinski definition) is 6. The fraction of sp³-hybridized carbons (Fsp3) is 0.273. The highest BCUT2D eigenvalue weighted by atomic mass is 35.5. The summed E-state index contributed by atoms with van der Waals surface area (Å²) in [6.45, 7) is 6.00. The third kappa shape index (κ3) is 6.08. The van der Waals surface area contributed by atoms with Crippen LogP contribution in [0.15, 0.2) is 53.7 Å². The highest BCUT2D eigenvalue weighted by Gasteiger charge is 2.19. The van der Waals surface area contributed by atoms with E-state index in [1.54, 1.807) is 36.4 Å². The van der Waals surface area contributed by atoms with Crippen molar-refractivity contribution < 1.29 is 14.3 Å². The Morgan fingerprint density at radius 3 is 2.68 bits per heavy atom. The molecule has 0 aliphatic rings. The van der Waals surface area contributed by atoms with Gasteiger partial charge in [0.25, 0.3) is 0 Å². The van der Waals surface area contributed by atoms with Gasteiger partial charge >= 0.3 is 0 Å². The summed E-state index contributed by atoms with van der Waals surface area (Å²) in [6.07, 6.45) is -0.344. The Kier molecular flexibility index (Phi) is 7.70. The summed E-state index contributed by atoms with van der Waals surface area (Å²) < 4.78 is 7.87. The normalized spacial score (nSPS) is 11.7. The number of rotatable bonds is 9. The summed E-state index contributed by atoms with van der Waals surface area (Å²) in [7, 11) is 0. The number of Topliss-reactive ketones (excluding diaryl/α,β-unsaturated/α-hetero) is 1. The van der Waals surface area contributed by atoms with Crippen LogP contribution in [0.1, 0.15) is 43.1 Å². The maximum Gasteiger partial charge on any atom is 0.234 e. The fourth-order valence-electron chi connectivity index (χ4n) is 2.95. The van der Waals surface area contributed by atoms with Crippen molar-refractivity contribution in [3.05, 3.63) is 64.9 Å². The highest BCUT2D eigenvalue weighted by molar-refractivity contribution is 7.99. The molecule has 9 heteroatoms. The topological polar surface area (TPSA) is 86.1 Å². The van der Waals surface area contributed by atoms with Crippen molar-refractivity contribution >= 4 is 40.7 Å². The Morgan fingerprint density at radius 1 is 1.19 bits per heavy atom. The summed E-state index contributed by atoms with van der Waals surface area (Å²) in [5, 5.41) is 12.5. The van der Waals surface area contributed by atoms with Gasteiger partial charge in [-0.05, 0) is 51.1 Å². The number of carbonyl (C=O) groups excluding carboxylic acids is 2. The molecule has 0 aliphatic heterocycles. The standard InChI is InChI=1S/C22H23ClN4O3S/c1-4-27-21(15(3)30-19-10-6-8-17(23)12-19)25-26-22(27)31-13-20(29)24-18-9-5-7-16(11-18)14(2)28/h5-12,15H,4,13H2,1-3H3,(H,24,29). The molecule has 1 amide bonds. The molecule has 1 aromatic heterocycles. The second-order valence-corrected chi connectivity index (χ2v) is 8.16. The molecule has 0 saturated carbocycles. The number of carbonyl (C=O) groups is 2. The number of ketones is 1. The molecule has 7 nitrogen and oxygen atoms in total. The van der Waals surface area contributed by atoms with Crippen molar-refractivity contribution in [3.63, 3.8) is 0 Å². The van der Waals surface area contributed by atoms with Gasteiger partial charge in [0.05, 0.1) is 5.75 Å². The van der Waals surface area contributed by atoms with Gasteiger partial charge < -0.3 is 14.6 Å². The minimum atomic E-state index is -0.344. The predicted octanol–water partition coefficient (Wildman–Crippen LogP) is 5.02. The van der Waals surface area contributed by atoms with Gasteiger partial charge in [-0.25, -0.2) is 0 Å². The molecule has 3 aromatic rings. The number of hydrogen-bond donors (Lipinski definition) is 1. The van der Waals surface area contributed by atoms with Gasteiger partial charge in [-0.15, -0.1) is 10.2 Å². The number of halogens is 1. The molecule has 0 radical (unpaired) electrons. The van der Waals surface area contributed by atoms with Crippen molar-refractivity contribution in [1.82, 2.24) is 14.8 Å². The molecule has 0 bridgehead atoms. The van der Waals surface area contributed by atoms with E-state index in [-0.39, 0.29) is 23.5 Å². The van der Waals surface area contributed by atoms with Crippen LogP contribution in [0.5, 0.6) is 5.75 Å². The molecule has 1 atom stereocenters. The second kappa shape index (κ2) is 10.5. The van der Waals surface area contributed by atoms with Gasteiger partial charge in [-0.1, -0.05) is 41.6 Å². The molecule has 1 heterocycles. The van der Waals surface area contributed by atoms with Crippen LogP contribution in [0.2, 0.25) is 5.02 Å². The molecule has 31 heavy (non-hydrogen) atoms. The van der Waals surface area contributed by atoms with E-state index < -0.39 is 0 Å². The van der Waals surface area contributed by atoms with E-state index in [0.29, 0.717) is 39.5 Å². The van der Waals surface area contributed by atoms with E-state index in [0.717, 1.165) is 0 Å². The molecule has 0 spiro atoms. The number of anilines is 1. The van der Waals surface area contributed by atoms with E-state index >= 15 is 0 Å². The largest absolute Gasteiger partial charge is 0.483 e. The fourth-order valence-corrected chi connectivity index (χ4v) is 3.93. The van der Waals surface area contributed by atoms with Gasteiger partial charge in [0.2, 0.25) is 5.91 Å². The van der Waals surface area contributed by atoms with E-state index in [2.05, 4.69) is 15.5 Å². The first-order valence-corrected chi connectivity index (χ1v) is 11.1. The summed E-state index contributed by atoms with van der Waals surface area (Å²) >= 11 is 7.31. The minimum absolute atomic E-state index is 0.0526. The molecule has 2 aromatic carbocycles. The maximum absolute atomic E-state index is 12.4. The van der Waals surface area contributed by atoms with Crippen molar-refractivity contribution in [2.75, 3.05) is 11.1 Å². The molecular weight excluding hydrogens is 436 g/mol. The maximum atomic E-state index is 12.4. The van der Waals surface area contributed by atoms with Crippen molar-refractivity contribution in [2.45, 2.75) is 38.6 Å². The molecule has 1 unspecified atom stereocenters. The van der Waals surface area contributed by atoms with E-state index in [1.807, 2.05) is 30.5 Å². The molecule has 162 valence electrons. The summed E-state index contributed by atoms with van der Waals surface area (Å²) in [4.78, 5) is 23.9. The first-order valence-electron chi connectivity index (χ1n) is 9.76. The van der Waals surface area contributed by atoms with Crippen LogP contribution in [-0.4, -0.2) is 32.2 Å². The van der Waals surface area contributed by atoms with Crippen LogP contribution in [-0.2, 0) is 11.3 Å². The predicted molar refractivity (Wildman–Crippen MR) is 122 cm³/mol. The number of aromatic nitrogens is 3. The van der Waals surface area contributed by atoms with Crippen LogP contribution < -0.4 is 10.1 Å². The zero-order valence-electron chi connectivity index (χ0n) is 17.5. The number of thioether (sulfide) groups is 1. The molecule has 0 aliphatic carbocycles. The lowest BCUT2D eigenvalue weighted by Crippen LogP contribution is -2.15. The van der Waals surface area contributed by atoms with Crippen LogP contribution in [0, 0.1) is 0 Å². The third-order valence-electron chi connectivity index (χ3n) is 4.42. The highest BCUT2D eigenvalue weighted by Crippen LogP contribution is 2.26. The SMILES string of the molecule is CCn1c(SCC(=O)Nc2cccc(C(C)=O)c2)nnc1C(C)Oc1cccc(Cl)c1. The monoisotopic (exact) mass is 458 g/mol. The zero-order chi connectivity index (χ0) is 22.4. The average Bonchev–Trinajstić information content (AvgIpc) is 3.15. The van der Waals surface area contributed by atoms with Crippen molar-refractivity contribution in [2.24, 2.45) is 0 Å². The van der Waals surface area contributed by atoms with Crippen LogP contribution >= 0.6 is 23.4 Å². The van der Waals surface area contributed by atoms with Crippen molar-refractivity contribution in [3.8, 4) is 5.75 Å². The van der Waals surface area contributed by atoms with Gasteiger partial charge in [0.1, 0.15) is 5.75 Å². The lowest BCUT2D eigenvalue weighted by Gasteiger charge is -2.15. The molecule has 0 saturated heterocycles. The third-order valence-corrected chi connectivity index (χ3v) is 5.62. The molecule has 1 N–H and O–H groups in total. The van der Waals surface area contributed by atoms with Gasteiger partial charge in [0, 0.05) is 22.8 Å². The van der Waals surface area contributed by atoms with Gasteiger partial charge in [-0.3, -0.25) is 9.59 Å². The Balaban J connectivity index is 1.63. The molecular formula is C22H23ClN4O3S. The lowest BCUT2D eigenvalue weighted by molar-refractivity contribution is -0.113. The summed E-state index contributed by atoms with van der Waals surface area (Å²) in [5.41, 5.74) is 1.13. The van der Waals surface area contributed by atoms with Gasteiger partial charge in [0.15, 0.2) is 22.9 Å². The second-order valence-electron chi connectivity index (χ2n) is 6.78. The average molecular weight is 459 g/mol. The summed E-state index contributed by atoms with van der Waals surface area (Å²) in [5.74, 6) is 1.22. The number of ether oxygens (including phenoxy) is 1. The Labute approximate surface area is 190 Å². The Morgan fingerprint density at radius 2 is 1.97 bits per heavy atom. The number of amides is 1. The zero-order valence-corrected chi connectivity index (χ0v) is 19.0. The minimum Gasteiger partial charge on any atom is -0.483 e. The first-order chi connectivity index (χ1) is 14.9. The first kappa shape index (κ1) is 22.8. The van der Waals surface area contributed by atoms with E-state index in [1.165, 1.54) is 18.7 Å². The quantitative estimate of drug-likeness (QED) is 0.357. The van der Waals surface area contributed by atoms with Crippen molar-refractivity contribution in [1.29, 1.82) is 0 Å². The smallest absolute Gasteiger partial charge is 0.234 e. The van der Waals surface area contributed by atoms with Crippen LogP contribution in [0.3, 0.4) is 0 Å². The van der Waals surface area contributed by atoms with E-state index in [4.69, 9.17) is 16.3 Å². The summed E-state index contributed by atoms with van der Waals surface area (Å²) in [6, 6.07) is 14.0. The number of benzene rings is 2. The Hall–Kier alpha value is -2.84. The van der Waals surface area contributed by atoms with E-state index in [9.17, 15) is 9.59 Å². The molecule has 3 rings (SSSR count). The lowest BCUT2D eigenvalue weighted by atomic mass is 10.1. The van der Waals surface area contributed by atoms with Gasteiger partial charge in [-0.2, -0.15) is 0 Å².